The number of carbonyl (C=O) groups excluding carboxylic acids is 2. The van der Waals surface area contributed by atoms with Crippen LogP contribution in [0.3, 0.4) is 0 Å². The maximum absolute atomic E-state index is 11.9. The predicted molar refractivity (Wildman–Crippen MR) is 73.1 cm³/mol. The van der Waals surface area contributed by atoms with E-state index in [2.05, 4.69) is 0 Å². The van der Waals surface area contributed by atoms with Gasteiger partial charge in [0.05, 0.1) is 16.8 Å². The monoisotopic (exact) mass is 282 g/mol. The molecule has 1 aliphatic rings. The van der Waals surface area contributed by atoms with Gasteiger partial charge in [0.1, 0.15) is 23.8 Å². The number of nitriles is 3. The molecule has 1 fully saturated rings. The highest BCUT2D eigenvalue weighted by atomic mass is 16.1. The van der Waals surface area contributed by atoms with Crippen molar-refractivity contribution in [2.24, 2.45) is 0 Å². The van der Waals surface area contributed by atoms with Gasteiger partial charge < -0.3 is 4.90 Å². The molecule has 1 aliphatic heterocycles. The average Bonchev–Trinajstić information content (AvgIpc) is 2.95. The summed E-state index contributed by atoms with van der Waals surface area (Å²) >= 11 is 0. The summed E-state index contributed by atoms with van der Waals surface area (Å²) in [5.41, 5.74) is -0.796. The largest absolute Gasteiger partial charge is 0.368 e. The lowest BCUT2D eigenvalue weighted by atomic mass is 9.95. The number of rotatable bonds is 4. The molecule has 0 spiro atoms. The third-order valence-corrected chi connectivity index (χ3v) is 3.18. The standard InChI is InChI=1S/C15H14N4O2/c1-10(20)14(12(7-16)8-17)13(9-18)15(11(2)21)19-5-3-4-6-19/h3-6H2,1-2H3/b15-13+. The summed E-state index contributed by atoms with van der Waals surface area (Å²) < 4.78 is 0. The Balaban J connectivity index is 3.67. The van der Waals surface area contributed by atoms with Gasteiger partial charge in [-0.1, -0.05) is 0 Å². The van der Waals surface area contributed by atoms with Gasteiger partial charge in [0.2, 0.25) is 0 Å². The number of allylic oxidation sites excluding steroid dienone is 4. The Morgan fingerprint density at radius 1 is 0.905 bits per heavy atom. The van der Waals surface area contributed by atoms with Gasteiger partial charge in [0, 0.05) is 20.0 Å². The maximum Gasteiger partial charge on any atom is 0.177 e. The summed E-state index contributed by atoms with van der Waals surface area (Å²) in [6.45, 7) is 3.70. The Morgan fingerprint density at radius 2 is 1.43 bits per heavy atom. The second kappa shape index (κ2) is 7.03. The Morgan fingerprint density at radius 3 is 1.76 bits per heavy atom. The zero-order chi connectivity index (χ0) is 16.0. The minimum absolute atomic E-state index is 0.114. The lowest BCUT2D eigenvalue weighted by Gasteiger charge is -2.21. The highest BCUT2D eigenvalue weighted by Crippen LogP contribution is 2.25. The van der Waals surface area contributed by atoms with E-state index < -0.39 is 11.4 Å². The highest BCUT2D eigenvalue weighted by Gasteiger charge is 2.27. The second-order valence-corrected chi connectivity index (χ2v) is 4.62. The number of ketones is 2. The summed E-state index contributed by atoms with van der Waals surface area (Å²) in [6, 6.07) is 5.06. The molecule has 21 heavy (non-hydrogen) atoms. The molecule has 0 aliphatic carbocycles. The first-order valence-electron chi connectivity index (χ1n) is 6.44. The molecular formula is C15H14N4O2. The van der Waals surface area contributed by atoms with E-state index in [1.165, 1.54) is 13.8 Å². The van der Waals surface area contributed by atoms with E-state index in [0.717, 1.165) is 12.8 Å². The topological polar surface area (TPSA) is 109 Å². The molecule has 0 aromatic carbocycles. The molecule has 0 atom stereocenters. The summed E-state index contributed by atoms with van der Waals surface area (Å²) in [4.78, 5) is 25.4. The summed E-state index contributed by atoms with van der Waals surface area (Å²) in [5.74, 6) is -0.940. The van der Waals surface area contributed by atoms with Crippen LogP contribution in [-0.4, -0.2) is 29.6 Å². The molecule has 6 heteroatoms. The molecule has 0 saturated carbocycles. The quantitative estimate of drug-likeness (QED) is 0.438. The van der Waals surface area contributed by atoms with Crippen LogP contribution in [0.4, 0.5) is 0 Å². The van der Waals surface area contributed by atoms with Crippen LogP contribution in [0.2, 0.25) is 0 Å². The van der Waals surface area contributed by atoms with Gasteiger partial charge in [-0.15, -0.1) is 0 Å². The molecule has 0 aromatic heterocycles. The lowest BCUT2D eigenvalue weighted by Crippen LogP contribution is -2.26. The van der Waals surface area contributed by atoms with Crippen LogP contribution in [0.15, 0.2) is 22.4 Å². The fourth-order valence-corrected chi connectivity index (χ4v) is 2.34. The van der Waals surface area contributed by atoms with Crippen LogP contribution < -0.4 is 0 Å². The Bertz CT molecular complexity index is 643. The molecule has 106 valence electrons. The first kappa shape index (κ1) is 16.1. The number of hydrogen-bond donors (Lipinski definition) is 0. The van der Waals surface area contributed by atoms with E-state index in [4.69, 9.17) is 10.5 Å². The van der Waals surface area contributed by atoms with E-state index >= 15 is 0 Å². The van der Waals surface area contributed by atoms with Crippen LogP contribution in [0.25, 0.3) is 0 Å². The third-order valence-electron chi connectivity index (χ3n) is 3.18. The molecule has 6 nitrogen and oxygen atoms in total. The zero-order valence-corrected chi connectivity index (χ0v) is 11.9. The number of nitrogens with zero attached hydrogens (tertiary/aromatic N) is 4. The van der Waals surface area contributed by atoms with E-state index in [1.54, 1.807) is 17.0 Å². The Labute approximate surface area is 123 Å². The van der Waals surface area contributed by atoms with E-state index in [0.29, 0.717) is 13.1 Å². The lowest BCUT2D eigenvalue weighted by molar-refractivity contribution is -0.115. The van der Waals surface area contributed by atoms with E-state index in [9.17, 15) is 14.9 Å². The van der Waals surface area contributed by atoms with Gasteiger partial charge in [-0.2, -0.15) is 15.8 Å². The van der Waals surface area contributed by atoms with Crippen molar-refractivity contribution in [2.75, 3.05) is 13.1 Å². The van der Waals surface area contributed by atoms with E-state index in [1.807, 2.05) is 6.07 Å². The van der Waals surface area contributed by atoms with Crippen LogP contribution >= 0.6 is 0 Å². The molecule has 0 bridgehead atoms. The van der Waals surface area contributed by atoms with Crippen LogP contribution in [0.1, 0.15) is 26.7 Å². The SMILES string of the molecule is CC(=O)C(=C(C#N)C#N)/C(C#N)=C(\C(C)=O)N1CCCC1. The Hall–Kier alpha value is -2.91. The first-order chi connectivity index (χ1) is 9.97. The van der Waals surface area contributed by atoms with E-state index in [-0.39, 0.29) is 22.6 Å². The van der Waals surface area contributed by atoms with Gasteiger partial charge in [0.25, 0.3) is 0 Å². The van der Waals surface area contributed by atoms with Crippen molar-refractivity contribution >= 4 is 11.6 Å². The van der Waals surface area contributed by atoms with Gasteiger partial charge in [-0.25, -0.2) is 0 Å². The van der Waals surface area contributed by atoms with Crippen LogP contribution in [0, 0.1) is 34.0 Å². The molecule has 0 N–H and O–H groups in total. The number of carbonyl (C=O) groups is 2. The van der Waals surface area contributed by atoms with Crippen molar-refractivity contribution < 1.29 is 9.59 Å². The van der Waals surface area contributed by atoms with Gasteiger partial charge in [0.15, 0.2) is 11.6 Å². The molecule has 0 radical (unpaired) electrons. The Kier molecular flexibility index (Phi) is 5.40. The molecule has 1 saturated heterocycles. The van der Waals surface area contributed by atoms with Crippen molar-refractivity contribution in [1.29, 1.82) is 15.8 Å². The summed E-state index contributed by atoms with van der Waals surface area (Å²) in [7, 11) is 0. The van der Waals surface area contributed by atoms with Crippen molar-refractivity contribution in [2.45, 2.75) is 26.7 Å². The minimum Gasteiger partial charge on any atom is -0.368 e. The number of hydrogen-bond acceptors (Lipinski definition) is 6. The van der Waals surface area contributed by atoms with Crippen LogP contribution in [-0.2, 0) is 9.59 Å². The summed E-state index contributed by atoms with van der Waals surface area (Å²) in [6.07, 6.45) is 1.77. The summed E-state index contributed by atoms with van der Waals surface area (Å²) in [5, 5.41) is 27.3. The fraction of sp³-hybridized carbons (Fsp3) is 0.400. The van der Waals surface area contributed by atoms with Crippen molar-refractivity contribution in [1.82, 2.24) is 4.90 Å². The minimum atomic E-state index is -0.581. The normalized spacial score (nSPS) is 14.3. The van der Waals surface area contributed by atoms with Crippen LogP contribution in [0.5, 0.6) is 0 Å². The molecule has 1 heterocycles. The molecule has 0 aromatic rings. The smallest absolute Gasteiger partial charge is 0.177 e. The van der Waals surface area contributed by atoms with Crippen molar-refractivity contribution in [3.63, 3.8) is 0 Å². The molecule has 0 unspecified atom stereocenters. The van der Waals surface area contributed by atoms with Gasteiger partial charge >= 0.3 is 0 Å². The molecule has 0 amide bonds. The first-order valence-corrected chi connectivity index (χ1v) is 6.44. The maximum atomic E-state index is 11.9. The average molecular weight is 282 g/mol. The number of Topliss-reactive ketones (excluding diaryl/α,β-unsaturated/α-hetero) is 2. The molecular weight excluding hydrogens is 268 g/mol. The van der Waals surface area contributed by atoms with Crippen molar-refractivity contribution in [3.8, 4) is 18.2 Å². The zero-order valence-electron chi connectivity index (χ0n) is 11.9. The second-order valence-electron chi connectivity index (χ2n) is 4.62. The van der Waals surface area contributed by atoms with Gasteiger partial charge in [-0.3, -0.25) is 9.59 Å². The fourth-order valence-electron chi connectivity index (χ4n) is 2.34. The number of likely N-dealkylation sites (tertiary alicyclic amines) is 1. The highest BCUT2D eigenvalue weighted by molar-refractivity contribution is 6.05. The van der Waals surface area contributed by atoms with Crippen molar-refractivity contribution in [3.05, 3.63) is 22.4 Å². The third kappa shape index (κ3) is 3.35. The molecule has 1 rings (SSSR count). The predicted octanol–water partition coefficient (Wildman–Crippen LogP) is 1.38. The van der Waals surface area contributed by atoms with Gasteiger partial charge in [-0.05, 0) is 19.8 Å².